The second-order valence-corrected chi connectivity index (χ2v) is 6.65. The predicted molar refractivity (Wildman–Crippen MR) is 92.3 cm³/mol. The van der Waals surface area contributed by atoms with Gasteiger partial charge in [-0.15, -0.1) is 11.3 Å². The fraction of sp³-hybridized carbons (Fsp3) is 0.500. The van der Waals surface area contributed by atoms with Gasteiger partial charge in [0.05, 0.1) is 11.2 Å². The molecule has 0 radical (unpaired) electrons. The molecule has 3 heteroatoms. The van der Waals surface area contributed by atoms with Gasteiger partial charge in [0, 0.05) is 11.4 Å². The van der Waals surface area contributed by atoms with Crippen LogP contribution < -0.4 is 5.32 Å². The van der Waals surface area contributed by atoms with E-state index in [9.17, 15) is 0 Å². The van der Waals surface area contributed by atoms with Crippen molar-refractivity contribution < 1.29 is 0 Å². The molecule has 21 heavy (non-hydrogen) atoms. The molecule has 0 aliphatic heterocycles. The smallest absolute Gasteiger partial charge is 0.0797 e. The summed E-state index contributed by atoms with van der Waals surface area (Å²) in [6.07, 6.45) is 3.50. The van der Waals surface area contributed by atoms with Crippen LogP contribution in [0.2, 0.25) is 0 Å². The molecule has 1 heterocycles. The largest absolute Gasteiger partial charge is 0.316 e. The number of aromatic nitrogens is 1. The zero-order valence-electron chi connectivity index (χ0n) is 13.4. The van der Waals surface area contributed by atoms with E-state index in [1.807, 2.05) is 5.51 Å². The second-order valence-electron chi connectivity index (χ2n) is 5.71. The Hall–Kier alpha value is -1.19. The Labute approximate surface area is 132 Å². The molecule has 0 bridgehead atoms. The number of aryl methyl sites for hydroxylation is 3. The third kappa shape index (κ3) is 4.94. The van der Waals surface area contributed by atoms with Crippen LogP contribution in [-0.2, 0) is 6.42 Å². The van der Waals surface area contributed by atoms with Crippen molar-refractivity contribution >= 4 is 11.3 Å². The second kappa shape index (κ2) is 8.30. The summed E-state index contributed by atoms with van der Waals surface area (Å²) in [4.78, 5) is 5.79. The minimum absolute atomic E-state index is 0.582. The molecule has 1 unspecified atom stereocenters. The van der Waals surface area contributed by atoms with Crippen LogP contribution in [0.3, 0.4) is 0 Å². The van der Waals surface area contributed by atoms with Gasteiger partial charge in [-0.1, -0.05) is 36.8 Å². The lowest BCUT2D eigenvalue weighted by atomic mass is 9.93. The number of hydrogen-bond donors (Lipinski definition) is 1. The molecule has 0 aliphatic carbocycles. The van der Waals surface area contributed by atoms with Crippen LogP contribution in [0.5, 0.6) is 0 Å². The summed E-state index contributed by atoms with van der Waals surface area (Å²) in [7, 11) is 0. The van der Waals surface area contributed by atoms with Crippen LogP contribution >= 0.6 is 11.3 Å². The molecule has 1 aromatic carbocycles. The molecule has 0 amide bonds. The average molecular weight is 302 g/mol. The van der Waals surface area contributed by atoms with E-state index in [-0.39, 0.29) is 0 Å². The van der Waals surface area contributed by atoms with E-state index in [2.05, 4.69) is 55.3 Å². The van der Waals surface area contributed by atoms with Crippen LogP contribution in [-0.4, -0.2) is 18.1 Å². The highest BCUT2D eigenvalue weighted by molar-refractivity contribution is 7.09. The molecule has 2 nitrogen and oxygen atoms in total. The maximum Gasteiger partial charge on any atom is 0.0797 e. The quantitative estimate of drug-likeness (QED) is 0.727. The first kappa shape index (κ1) is 16.2. The summed E-state index contributed by atoms with van der Waals surface area (Å²) < 4.78 is 0. The van der Waals surface area contributed by atoms with Crippen LogP contribution in [0.1, 0.15) is 47.4 Å². The van der Waals surface area contributed by atoms with Crippen molar-refractivity contribution in [2.24, 2.45) is 0 Å². The predicted octanol–water partition coefficient (Wildman–Crippen LogP) is 4.48. The first-order chi connectivity index (χ1) is 10.2. The Morgan fingerprint density at radius 2 is 1.95 bits per heavy atom. The Morgan fingerprint density at radius 3 is 2.57 bits per heavy atom. The first-order valence-corrected chi connectivity index (χ1v) is 8.75. The minimum Gasteiger partial charge on any atom is -0.316 e. The van der Waals surface area contributed by atoms with E-state index in [4.69, 9.17) is 0 Å². The molecule has 2 rings (SSSR count). The minimum atomic E-state index is 0.582. The monoisotopic (exact) mass is 302 g/mol. The van der Waals surface area contributed by atoms with Gasteiger partial charge in [-0.3, -0.25) is 0 Å². The van der Waals surface area contributed by atoms with Gasteiger partial charge in [-0.2, -0.15) is 0 Å². The van der Waals surface area contributed by atoms with E-state index >= 15 is 0 Å². The topological polar surface area (TPSA) is 24.9 Å². The van der Waals surface area contributed by atoms with Gasteiger partial charge < -0.3 is 5.32 Å². The van der Waals surface area contributed by atoms with E-state index < -0.39 is 0 Å². The maximum absolute atomic E-state index is 4.36. The summed E-state index contributed by atoms with van der Waals surface area (Å²) in [5.74, 6) is 0.582. The van der Waals surface area contributed by atoms with Crippen LogP contribution in [0, 0.1) is 13.8 Å². The molecule has 1 N–H and O–H groups in total. The van der Waals surface area contributed by atoms with Gasteiger partial charge in [0.25, 0.3) is 0 Å². The Kier molecular flexibility index (Phi) is 6.40. The van der Waals surface area contributed by atoms with Crippen molar-refractivity contribution in [2.45, 2.75) is 46.0 Å². The maximum atomic E-state index is 4.36. The standard InChI is InChI=1S/C18H26N2S/c1-4-11-19-12-17(16-7-5-14(2)6-8-16)9-10-18-15(3)20-13-21-18/h5-8,13,17,19H,4,9-12H2,1-3H3. The molecule has 0 fully saturated rings. The van der Waals surface area contributed by atoms with E-state index in [1.54, 1.807) is 11.3 Å². The van der Waals surface area contributed by atoms with Crippen molar-refractivity contribution in [2.75, 3.05) is 13.1 Å². The van der Waals surface area contributed by atoms with Gasteiger partial charge >= 0.3 is 0 Å². The molecule has 0 aliphatic rings. The number of nitrogens with one attached hydrogen (secondary N) is 1. The van der Waals surface area contributed by atoms with Crippen LogP contribution in [0.15, 0.2) is 29.8 Å². The van der Waals surface area contributed by atoms with Gasteiger partial charge in [0.2, 0.25) is 0 Å². The summed E-state index contributed by atoms with van der Waals surface area (Å²) in [6.45, 7) is 8.64. The van der Waals surface area contributed by atoms with Crippen molar-refractivity contribution in [3.8, 4) is 0 Å². The lowest BCUT2D eigenvalue weighted by Gasteiger charge is -2.18. The number of thiazole rings is 1. The molecule has 1 atom stereocenters. The normalized spacial score (nSPS) is 12.5. The van der Waals surface area contributed by atoms with Crippen molar-refractivity contribution in [1.29, 1.82) is 0 Å². The van der Waals surface area contributed by atoms with E-state index in [0.29, 0.717) is 5.92 Å². The van der Waals surface area contributed by atoms with Gasteiger partial charge in [-0.05, 0) is 51.1 Å². The van der Waals surface area contributed by atoms with E-state index in [0.717, 1.165) is 19.5 Å². The highest BCUT2D eigenvalue weighted by Gasteiger charge is 2.13. The number of nitrogens with zero attached hydrogens (tertiary/aromatic N) is 1. The molecule has 0 spiro atoms. The molecule has 114 valence electrons. The number of benzene rings is 1. The summed E-state index contributed by atoms with van der Waals surface area (Å²) in [5, 5.41) is 3.58. The van der Waals surface area contributed by atoms with Crippen molar-refractivity contribution in [3.63, 3.8) is 0 Å². The lowest BCUT2D eigenvalue weighted by Crippen LogP contribution is -2.22. The molecule has 0 saturated carbocycles. The zero-order chi connectivity index (χ0) is 15.1. The highest BCUT2D eigenvalue weighted by Crippen LogP contribution is 2.24. The fourth-order valence-electron chi connectivity index (χ4n) is 2.55. The fourth-order valence-corrected chi connectivity index (χ4v) is 3.35. The third-order valence-electron chi connectivity index (χ3n) is 3.93. The van der Waals surface area contributed by atoms with Crippen LogP contribution in [0.4, 0.5) is 0 Å². The van der Waals surface area contributed by atoms with Gasteiger partial charge in [0.15, 0.2) is 0 Å². The molecular formula is C18H26N2S. The van der Waals surface area contributed by atoms with Gasteiger partial charge in [0.1, 0.15) is 0 Å². The van der Waals surface area contributed by atoms with Gasteiger partial charge in [-0.25, -0.2) is 4.98 Å². The Balaban J connectivity index is 2.01. The number of rotatable bonds is 8. The third-order valence-corrected chi connectivity index (χ3v) is 4.93. The van der Waals surface area contributed by atoms with Crippen molar-refractivity contribution in [1.82, 2.24) is 10.3 Å². The first-order valence-electron chi connectivity index (χ1n) is 7.87. The lowest BCUT2D eigenvalue weighted by molar-refractivity contribution is 0.549. The number of hydrogen-bond acceptors (Lipinski definition) is 3. The van der Waals surface area contributed by atoms with Crippen molar-refractivity contribution in [3.05, 3.63) is 51.5 Å². The zero-order valence-corrected chi connectivity index (χ0v) is 14.2. The Morgan fingerprint density at radius 1 is 1.19 bits per heavy atom. The molecule has 2 aromatic rings. The summed E-state index contributed by atoms with van der Waals surface area (Å²) in [5.41, 5.74) is 5.94. The molecule has 1 aromatic heterocycles. The molecule has 0 saturated heterocycles. The highest BCUT2D eigenvalue weighted by atomic mass is 32.1. The molecular weight excluding hydrogens is 276 g/mol. The summed E-state index contributed by atoms with van der Waals surface area (Å²) in [6, 6.07) is 9.01. The summed E-state index contributed by atoms with van der Waals surface area (Å²) >= 11 is 1.79. The van der Waals surface area contributed by atoms with Crippen LogP contribution in [0.25, 0.3) is 0 Å². The Bertz CT molecular complexity index is 530. The van der Waals surface area contributed by atoms with E-state index in [1.165, 1.54) is 34.5 Å². The average Bonchev–Trinajstić information content (AvgIpc) is 2.89. The SMILES string of the molecule is CCCNCC(CCc1scnc1C)c1ccc(C)cc1.